The Hall–Kier alpha value is -0.560. The summed E-state index contributed by atoms with van der Waals surface area (Å²) in [6.07, 6.45) is 5.05. The first kappa shape index (κ1) is 4.60. The maximum atomic E-state index is 5.44. The maximum Gasteiger partial charge on any atom is 0.0910 e. The van der Waals surface area contributed by atoms with Crippen molar-refractivity contribution in [3.05, 3.63) is 29.5 Å². The van der Waals surface area contributed by atoms with Crippen LogP contribution in [-0.4, -0.2) is 4.98 Å². The highest BCUT2D eigenvalue weighted by Crippen LogP contribution is 2.00. The van der Waals surface area contributed by atoms with E-state index in [9.17, 15) is 0 Å². The lowest BCUT2D eigenvalue weighted by molar-refractivity contribution is 1.30. The molecule has 2 radical (unpaired) electrons. The minimum atomic E-state index is 0.620. The Labute approximate surface area is 47.0 Å². The van der Waals surface area contributed by atoms with Crippen molar-refractivity contribution in [2.75, 3.05) is 0 Å². The van der Waals surface area contributed by atoms with Crippen molar-refractivity contribution >= 4 is 11.6 Å². The van der Waals surface area contributed by atoms with Crippen LogP contribution >= 0.6 is 11.6 Å². The number of rotatable bonds is 0. The highest BCUT2D eigenvalue weighted by molar-refractivity contribution is 6.30. The van der Waals surface area contributed by atoms with Gasteiger partial charge >= 0.3 is 0 Å². The molecular weight excluding hydrogens is 110 g/mol. The largest absolute Gasteiger partial charge is 0.244 e. The molecule has 0 atom stereocenters. The second kappa shape index (κ2) is 1.94. The van der Waals surface area contributed by atoms with Crippen molar-refractivity contribution in [2.24, 2.45) is 0 Å². The zero-order valence-corrected chi connectivity index (χ0v) is 4.24. The van der Waals surface area contributed by atoms with Crippen LogP contribution in [0.1, 0.15) is 0 Å². The molecule has 1 aromatic rings. The van der Waals surface area contributed by atoms with E-state index in [0.717, 1.165) is 0 Å². The van der Waals surface area contributed by atoms with Crippen LogP contribution in [0.2, 0.25) is 5.02 Å². The molecule has 2 heteroatoms. The summed E-state index contributed by atoms with van der Waals surface area (Å²) in [5.74, 6) is 0. The third-order valence-corrected chi connectivity index (χ3v) is 0.752. The second-order valence-corrected chi connectivity index (χ2v) is 1.48. The third kappa shape index (κ3) is 1.16. The van der Waals surface area contributed by atoms with Gasteiger partial charge in [0.15, 0.2) is 0 Å². The smallest absolute Gasteiger partial charge is 0.0910 e. The van der Waals surface area contributed by atoms with E-state index in [2.05, 4.69) is 17.4 Å². The molecule has 0 saturated carbocycles. The van der Waals surface area contributed by atoms with Crippen LogP contribution in [0.4, 0.5) is 0 Å². The van der Waals surface area contributed by atoms with Gasteiger partial charge in [-0.3, -0.25) is 0 Å². The van der Waals surface area contributed by atoms with Gasteiger partial charge in [-0.2, -0.15) is 0 Å². The first-order chi connectivity index (χ1) is 3.39. The van der Waals surface area contributed by atoms with E-state index in [1.165, 1.54) is 0 Å². The summed E-state index contributed by atoms with van der Waals surface area (Å²) in [6, 6.07) is 3.16. The summed E-state index contributed by atoms with van der Waals surface area (Å²) >= 11 is 5.44. The minimum absolute atomic E-state index is 0.620. The summed E-state index contributed by atoms with van der Waals surface area (Å²) in [5, 5.41) is 0.620. The summed E-state index contributed by atoms with van der Waals surface area (Å²) < 4.78 is 0. The van der Waals surface area contributed by atoms with Crippen LogP contribution in [0.15, 0.2) is 12.1 Å². The van der Waals surface area contributed by atoms with Gasteiger partial charge in [0.1, 0.15) is 0 Å². The Kier molecular flexibility index (Phi) is 1.27. The van der Waals surface area contributed by atoms with Crippen LogP contribution in [0.3, 0.4) is 0 Å². The van der Waals surface area contributed by atoms with Gasteiger partial charge in [0.25, 0.3) is 0 Å². The average molecular weight is 112 g/mol. The Morgan fingerprint density at radius 2 is 2.00 bits per heavy atom. The lowest BCUT2D eigenvalue weighted by Crippen LogP contribution is -1.65. The van der Waals surface area contributed by atoms with E-state index < -0.39 is 0 Å². The minimum Gasteiger partial charge on any atom is -0.244 e. The fourth-order valence-corrected chi connectivity index (χ4v) is 0.364. The molecule has 0 aliphatic rings. The number of aromatic nitrogens is 1. The van der Waals surface area contributed by atoms with Crippen molar-refractivity contribution < 1.29 is 0 Å². The molecule has 0 unspecified atom stereocenters. The zero-order valence-electron chi connectivity index (χ0n) is 3.48. The first-order valence-electron chi connectivity index (χ1n) is 1.79. The lowest BCUT2D eigenvalue weighted by atomic mass is 10.5. The van der Waals surface area contributed by atoms with E-state index >= 15 is 0 Å². The predicted molar refractivity (Wildman–Crippen MR) is 26.9 cm³/mol. The van der Waals surface area contributed by atoms with Gasteiger partial charge in [0.05, 0.1) is 12.4 Å². The fraction of sp³-hybridized carbons (Fsp3) is 0. The SMILES string of the molecule is Clc1c[c]n[c]c1. The number of hydrogen-bond acceptors (Lipinski definition) is 1. The Morgan fingerprint density at radius 1 is 1.43 bits per heavy atom. The standard InChI is InChI=1S/C5H2ClN/c6-5-1-3-7-4-2-5/h1-2H. The van der Waals surface area contributed by atoms with Crippen LogP contribution < -0.4 is 0 Å². The maximum absolute atomic E-state index is 5.44. The van der Waals surface area contributed by atoms with Crippen molar-refractivity contribution in [3.63, 3.8) is 0 Å². The molecule has 1 nitrogen and oxygen atoms in total. The van der Waals surface area contributed by atoms with E-state index in [4.69, 9.17) is 11.6 Å². The molecule has 0 N–H and O–H groups in total. The van der Waals surface area contributed by atoms with Gasteiger partial charge in [-0.05, 0) is 12.1 Å². The van der Waals surface area contributed by atoms with Crippen molar-refractivity contribution in [1.82, 2.24) is 4.98 Å². The first-order valence-corrected chi connectivity index (χ1v) is 2.17. The van der Waals surface area contributed by atoms with Gasteiger partial charge in [0, 0.05) is 5.02 Å². The van der Waals surface area contributed by atoms with Gasteiger partial charge in [-0.25, -0.2) is 4.98 Å². The van der Waals surface area contributed by atoms with Gasteiger partial charge in [-0.1, -0.05) is 11.6 Å². The number of halogens is 1. The highest BCUT2D eigenvalue weighted by Gasteiger charge is 1.77. The molecule has 7 heavy (non-hydrogen) atoms. The topological polar surface area (TPSA) is 12.9 Å². The molecule has 0 aliphatic heterocycles. The van der Waals surface area contributed by atoms with E-state index in [1.54, 1.807) is 12.1 Å². The molecule has 34 valence electrons. The van der Waals surface area contributed by atoms with Gasteiger partial charge in [0.2, 0.25) is 0 Å². The third-order valence-electron chi connectivity index (χ3n) is 0.534. The fourth-order valence-electron chi connectivity index (χ4n) is 0.267. The molecule has 1 rings (SSSR count). The highest BCUT2D eigenvalue weighted by atomic mass is 35.5. The van der Waals surface area contributed by atoms with Crippen LogP contribution in [0.25, 0.3) is 0 Å². The second-order valence-electron chi connectivity index (χ2n) is 1.04. The van der Waals surface area contributed by atoms with Crippen LogP contribution in [0.5, 0.6) is 0 Å². The molecule has 0 spiro atoms. The summed E-state index contributed by atoms with van der Waals surface area (Å²) in [5.41, 5.74) is 0. The molecule has 0 aliphatic carbocycles. The van der Waals surface area contributed by atoms with Crippen molar-refractivity contribution in [2.45, 2.75) is 0 Å². The summed E-state index contributed by atoms with van der Waals surface area (Å²) in [7, 11) is 0. The number of pyridine rings is 1. The molecule has 0 saturated heterocycles. The summed E-state index contributed by atoms with van der Waals surface area (Å²) in [6.45, 7) is 0. The Balaban J connectivity index is 3.02. The predicted octanol–water partition coefficient (Wildman–Crippen LogP) is 1.34. The molecule has 0 fully saturated rings. The molecule has 0 bridgehead atoms. The normalized spacial score (nSPS) is 8.71. The van der Waals surface area contributed by atoms with E-state index in [0.29, 0.717) is 5.02 Å². The van der Waals surface area contributed by atoms with E-state index in [-0.39, 0.29) is 0 Å². The van der Waals surface area contributed by atoms with Crippen LogP contribution in [-0.2, 0) is 0 Å². The Morgan fingerprint density at radius 3 is 2.29 bits per heavy atom. The zero-order chi connectivity index (χ0) is 5.11. The van der Waals surface area contributed by atoms with E-state index in [1.807, 2.05) is 0 Å². The average Bonchev–Trinajstić information content (AvgIpc) is 1.69. The van der Waals surface area contributed by atoms with Gasteiger partial charge in [-0.15, -0.1) is 0 Å². The number of nitrogens with zero attached hydrogens (tertiary/aromatic N) is 1. The summed E-state index contributed by atoms with van der Waals surface area (Å²) in [4.78, 5) is 3.51. The van der Waals surface area contributed by atoms with Crippen molar-refractivity contribution in [3.8, 4) is 0 Å². The molecule has 1 heterocycles. The molecule has 0 amide bonds. The molecule has 0 aromatic carbocycles. The van der Waals surface area contributed by atoms with Crippen molar-refractivity contribution in [1.29, 1.82) is 0 Å². The molecule has 1 aromatic heterocycles. The monoisotopic (exact) mass is 111 g/mol. The molecular formula is C5H2ClN. The van der Waals surface area contributed by atoms with Gasteiger partial charge < -0.3 is 0 Å². The number of hydrogen-bond donors (Lipinski definition) is 0. The quantitative estimate of drug-likeness (QED) is 0.492. The lowest BCUT2D eigenvalue weighted by Gasteiger charge is -1.77. The van der Waals surface area contributed by atoms with Crippen LogP contribution in [0, 0.1) is 12.4 Å². The Bertz CT molecular complexity index is 138.